The number of hydrogen-bond donors (Lipinski definition) is 2. The molecule has 0 saturated carbocycles. The van der Waals surface area contributed by atoms with Gasteiger partial charge >= 0.3 is 12.0 Å². The Kier molecular flexibility index (Phi) is 5.80. The first kappa shape index (κ1) is 16.8. The van der Waals surface area contributed by atoms with Gasteiger partial charge in [-0.3, -0.25) is 0 Å². The lowest BCUT2D eigenvalue weighted by Crippen LogP contribution is -2.56. The molecule has 2 atom stereocenters. The van der Waals surface area contributed by atoms with Crippen LogP contribution >= 0.6 is 0 Å². The monoisotopic (exact) mass is 285 g/mol. The SMILES string of the molecule is CCC1(C(=O)O)CCCN1C(=O)NC(C)CCN(C)C. The van der Waals surface area contributed by atoms with Gasteiger partial charge in [0.25, 0.3) is 0 Å². The molecule has 6 nitrogen and oxygen atoms in total. The van der Waals surface area contributed by atoms with E-state index >= 15 is 0 Å². The van der Waals surface area contributed by atoms with Crippen molar-refractivity contribution in [1.29, 1.82) is 0 Å². The van der Waals surface area contributed by atoms with Gasteiger partial charge in [0.1, 0.15) is 5.54 Å². The highest BCUT2D eigenvalue weighted by Crippen LogP contribution is 2.32. The lowest BCUT2D eigenvalue weighted by atomic mass is 9.93. The first-order chi connectivity index (χ1) is 9.33. The summed E-state index contributed by atoms with van der Waals surface area (Å²) in [4.78, 5) is 27.4. The number of amides is 2. The molecule has 116 valence electrons. The summed E-state index contributed by atoms with van der Waals surface area (Å²) in [5.74, 6) is -0.895. The Labute approximate surface area is 121 Å². The molecule has 6 heteroatoms. The van der Waals surface area contributed by atoms with E-state index in [1.54, 1.807) is 0 Å². The molecule has 0 radical (unpaired) electrons. The van der Waals surface area contributed by atoms with Crippen LogP contribution in [0.1, 0.15) is 39.5 Å². The molecule has 1 rings (SSSR count). The van der Waals surface area contributed by atoms with Gasteiger partial charge in [-0.1, -0.05) is 6.92 Å². The van der Waals surface area contributed by atoms with Crippen LogP contribution in [0.15, 0.2) is 0 Å². The first-order valence-electron chi connectivity index (χ1n) is 7.29. The summed E-state index contributed by atoms with van der Waals surface area (Å²) in [7, 11) is 3.98. The quantitative estimate of drug-likeness (QED) is 0.773. The van der Waals surface area contributed by atoms with Gasteiger partial charge in [-0.25, -0.2) is 9.59 Å². The second-order valence-corrected chi connectivity index (χ2v) is 5.89. The molecule has 1 saturated heterocycles. The highest BCUT2D eigenvalue weighted by molar-refractivity contribution is 5.87. The Balaban J connectivity index is 2.64. The van der Waals surface area contributed by atoms with Crippen molar-refractivity contribution in [3.8, 4) is 0 Å². The van der Waals surface area contributed by atoms with E-state index in [0.717, 1.165) is 19.4 Å². The van der Waals surface area contributed by atoms with Crippen LogP contribution in [-0.4, -0.2) is 65.7 Å². The van der Waals surface area contributed by atoms with E-state index in [-0.39, 0.29) is 12.1 Å². The molecule has 2 unspecified atom stereocenters. The molecule has 1 aliphatic rings. The van der Waals surface area contributed by atoms with Crippen molar-refractivity contribution in [2.45, 2.75) is 51.1 Å². The van der Waals surface area contributed by atoms with E-state index < -0.39 is 11.5 Å². The third-order valence-electron chi connectivity index (χ3n) is 4.10. The van der Waals surface area contributed by atoms with Crippen molar-refractivity contribution in [3.05, 3.63) is 0 Å². The highest BCUT2D eigenvalue weighted by Gasteiger charge is 2.48. The summed E-state index contributed by atoms with van der Waals surface area (Å²) in [6.45, 7) is 5.19. The van der Waals surface area contributed by atoms with Crippen LogP contribution < -0.4 is 5.32 Å². The molecule has 0 aromatic carbocycles. The number of carboxylic acids is 1. The topological polar surface area (TPSA) is 72.9 Å². The Morgan fingerprint density at radius 1 is 1.45 bits per heavy atom. The van der Waals surface area contributed by atoms with Crippen LogP contribution in [0, 0.1) is 0 Å². The zero-order valence-corrected chi connectivity index (χ0v) is 13.0. The van der Waals surface area contributed by atoms with Crippen LogP contribution in [-0.2, 0) is 4.79 Å². The third kappa shape index (κ3) is 3.62. The summed E-state index contributed by atoms with van der Waals surface area (Å²) in [6.07, 6.45) is 2.58. The number of rotatable bonds is 6. The van der Waals surface area contributed by atoms with Gasteiger partial charge in [0, 0.05) is 12.6 Å². The van der Waals surface area contributed by atoms with Crippen molar-refractivity contribution < 1.29 is 14.7 Å². The smallest absolute Gasteiger partial charge is 0.329 e. The van der Waals surface area contributed by atoms with Crippen LogP contribution in [0.4, 0.5) is 4.79 Å². The average molecular weight is 285 g/mol. The third-order valence-corrected chi connectivity index (χ3v) is 4.10. The molecule has 2 N–H and O–H groups in total. The number of carbonyl (C=O) groups is 2. The fourth-order valence-corrected chi connectivity index (χ4v) is 2.73. The number of hydrogen-bond acceptors (Lipinski definition) is 3. The highest BCUT2D eigenvalue weighted by atomic mass is 16.4. The van der Waals surface area contributed by atoms with Crippen LogP contribution in [0.5, 0.6) is 0 Å². The summed E-state index contributed by atoms with van der Waals surface area (Å²) in [5.41, 5.74) is -1.02. The molecule has 0 spiro atoms. The fourth-order valence-electron chi connectivity index (χ4n) is 2.73. The largest absolute Gasteiger partial charge is 0.479 e. The minimum atomic E-state index is -1.02. The molecular weight excluding hydrogens is 258 g/mol. The van der Waals surface area contributed by atoms with Crippen LogP contribution in [0.3, 0.4) is 0 Å². The van der Waals surface area contributed by atoms with E-state index in [1.807, 2.05) is 27.9 Å². The van der Waals surface area contributed by atoms with Crippen molar-refractivity contribution in [3.63, 3.8) is 0 Å². The molecular formula is C14H27N3O3. The summed E-state index contributed by atoms with van der Waals surface area (Å²) >= 11 is 0. The molecule has 20 heavy (non-hydrogen) atoms. The van der Waals surface area contributed by atoms with E-state index in [0.29, 0.717) is 19.4 Å². The molecule has 1 aliphatic heterocycles. The first-order valence-corrected chi connectivity index (χ1v) is 7.29. The Morgan fingerprint density at radius 2 is 2.10 bits per heavy atom. The van der Waals surface area contributed by atoms with Crippen molar-refractivity contribution >= 4 is 12.0 Å². The number of nitrogens with zero attached hydrogens (tertiary/aromatic N) is 2. The number of likely N-dealkylation sites (tertiary alicyclic amines) is 1. The maximum atomic E-state index is 12.3. The summed E-state index contributed by atoms with van der Waals surface area (Å²) in [5, 5.41) is 12.4. The summed E-state index contributed by atoms with van der Waals surface area (Å²) < 4.78 is 0. The lowest BCUT2D eigenvalue weighted by molar-refractivity contribution is -0.148. The second-order valence-electron chi connectivity index (χ2n) is 5.89. The van der Waals surface area contributed by atoms with Crippen molar-refractivity contribution in [2.24, 2.45) is 0 Å². The van der Waals surface area contributed by atoms with Gasteiger partial charge in [0.05, 0.1) is 0 Å². The zero-order valence-electron chi connectivity index (χ0n) is 13.0. The number of carbonyl (C=O) groups excluding carboxylic acids is 1. The van der Waals surface area contributed by atoms with Gasteiger partial charge in [-0.05, 0) is 53.2 Å². The number of nitrogens with one attached hydrogen (secondary N) is 1. The van der Waals surface area contributed by atoms with E-state index in [9.17, 15) is 14.7 Å². The van der Waals surface area contributed by atoms with Gasteiger partial charge in [-0.15, -0.1) is 0 Å². The molecule has 0 bridgehead atoms. The average Bonchev–Trinajstić information content (AvgIpc) is 2.81. The van der Waals surface area contributed by atoms with Crippen LogP contribution in [0.25, 0.3) is 0 Å². The Morgan fingerprint density at radius 3 is 2.60 bits per heavy atom. The normalized spacial score (nSPS) is 23.9. The van der Waals surface area contributed by atoms with Gasteiger partial charge in [0.15, 0.2) is 0 Å². The Bertz CT molecular complexity index is 360. The zero-order chi connectivity index (χ0) is 15.3. The van der Waals surface area contributed by atoms with Crippen molar-refractivity contribution in [2.75, 3.05) is 27.2 Å². The minimum absolute atomic E-state index is 0.0360. The second kappa shape index (κ2) is 6.92. The molecule has 1 fully saturated rings. The molecule has 0 aromatic heterocycles. The standard InChI is InChI=1S/C14H27N3O3/c1-5-14(12(18)19)8-6-9-17(14)13(20)15-11(2)7-10-16(3)4/h11H,5-10H2,1-4H3,(H,15,20)(H,18,19). The van der Waals surface area contributed by atoms with E-state index in [4.69, 9.17) is 0 Å². The predicted molar refractivity (Wildman–Crippen MR) is 77.8 cm³/mol. The number of carboxylic acid groups (broad SMARTS) is 1. The van der Waals surface area contributed by atoms with Gasteiger partial charge in [0.2, 0.25) is 0 Å². The summed E-state index contributed by atoms with van der Waals surface area (Å²) in [6, 6.07) is -0.216. The minimum Gasteiger partial charge on any atom is -0.479 e. The van der Waals surface area contributed by atoms with E-state index in [2.05, 4.69) is 10.2 Å². The maximum absolute atomic E-state index is 12.3. The van der Waals surface area contributed by atoms with E-state index in [1.165, 1.54) is 4.90 Å². The van der Waals surface area contributed by atoms with Crippen molar-refractivity contribution in [1.82, 2.24) is 15.1 Å². The van der Waals surface area contributed by atoms with Gasteiger partial charge in [-0.2, -0.15) is 0 Å². The van der Waals surface area contributed by atoms with Gasteiger partial charge < -0.3 is 20.2 Å². The Hall–Kier alpha value is -1.30. The fraction of sp³-hybridized carbons (Fsp3) is 0.857. The molecule has 1 heterocycles. The molecule has 0 aliphatic carbocycles. The molecule has 2 amide bonds. The lowest BCUT2D eigenvalue weighted by Gasteiger charge is -2.34. The predicted octanol–water partition coefficient (Wildman–Crippen LogP) is 1.37. The maximum Gasteiger partial charge on any atom is 0.329 e. The molecule has 0 aromatic rings. The van der Waals surface area contributed by atoms with Crippen LogP contribution in [0.2, 0.25) is 0 Å². The number of aliphatic carboxylic acids is 1. The number of urea groups is 1.